The molecule has 31 heavy (non-hydrogen) atoms. The molecule has 0 spiro atoms. The largest absolute Gasteiger partial charge is 0.491 e. The van der Waals surface area contributed by atoms with Gasteiger partial charge >= 0.3 is 0 Å². The van der Waals surface area contributed by atoms with Crippen LogP contribution < -0.4 is 4.74 Å². The zero-order valence-corrected chi connectivity index (χ0v) is 18.7. The molecule has 0 saturated carbocycles. The minimum Gasteiger partial charge on any atom is -0.491 e. The summed E-state index contributed by atoms with van der Waals surface area (Å²) in [5, 5.41) is 10.2. The summed E-state index contributed by atoms with van der Waals surface area (Å²) in [7, 11) is 0. The number of nitrogens with zero attached hydrogens (tertiary/aromatic N) is 4. The average molecular weight is 435 g/mol. The molecule has 2 aliphatic heterocycles. The van der Waals surface area contributed by atoms with E-state index >= 15 is 0 Å². The van der Waals surface area contributed by atoms with Gasteiger partial charge in [0.25, 0.3) is 0 Å². The second-order valence-corrected chi connectivity index (χ2v) is 9.45. The number of Topliss-reactive ketones (excluding diaryl/α,β-unsaturated/α-hetero) is 1. The zero-order valence-electron chi connectivity index (χ0n) is 17.9. The highest BCUT2D eigenvalue weighted by Gasteiger charge is 2.23. The number of rotatable bonds is 5. The number of carbonyl (C=O) groups is 1. The minimum atomic E-state index is 0.115. The van der Waals surface area contributed by atoms with Gasteiger partial charge in [0, 0.05) is 37.3 Å². The molecule has 0 aliphatic carbocycles. The molecule has 160 valence electrons. The number of ether oxygens (including phenoxy) is 1. The summed E-state index contributed by atoms with van der Waals surface area (Å²) in [6.45, 7) is 6.61. The second-order valence-electron chi connectivity index (χ2n) is 8.39. The Morgan fingerprint density at radius 2 is 2.00 bits per heavy atom. The molecule has 6 nitrogen and oxygen atoms in total. The molecule has 0 radical (unpaired) electrons. The van der Waals surface area contributed by atoms with Crippen molar-refractivity contribution in [1.82, 2.24) is 20.1 Å². The summed E-state index contributed by atoms with van der Waals surface area (Å²) in [5.74, 6) is 1.07. The van der Waals surface area contributed by atoms with Crippen LogP contribution in [0.15, 0.2) is 30.5 Å². The van der Waals surface area contributed by atoms with E-state index in [4.69, 9.17) is 4.74 Å². The predicted molar refractivity (Wildman–Crippen MR) is 121 cm³/mol. The number of pyridine rings is 1. The SMILES string of the molecule is CC(=O)Cc1nnc(-c2ccc3c(c2)CCN([C@@H](C)c2cnc4c(c2)OCC4)CC3)s1. The van der Waals surface area contributed by atoms with Crippen molar-refractivity contribution in [3.8, 4) is 16.3 Å². The van der Waals surface area contributed by atoms with Crippen LogP contribution >= 0.6 is 11.3 Å². The van der Waals surface area contributed by atoms with Crippen molar-refractivity contribution in [1.29, 1.82) is 0 Å². The van der Waals surface area contributed by atoms with E-state index in [0.717, 1.165) is 66.0 Å². The third kappa shape index (κ3) is 4.25. The normalized spacial score (nSPS) is 16.8. The number of ketones is 1. The highest BCUT2D eigenvalue weighted by Crippen LogP contribution is 2.31. The molecule has 0 saturated heterocycles. The van der Waals surface area contributed by atoms with Crippen molar-refractivity contribution < 1.29 is 9.53 Å². The van der Waals surface area contributed by atoms with Gasteiger partial charge in [-0.3, -0.25) is 14.7 Å². The summed E-state index contributed by atoms with van der Waals surface area (Å²) in [5.41, 5.74) is 6.18. The number of fused-ring (bicyclic) bond motifs is 2. The van der Waals surface area contributed by atoms with Crippen molar-refractivity contribution in [2.24, 2.45) is 0 Å². The van der Waals surface area contributed by atoms with Gasteiger partial charge in [-0.05, 0) is 55.5 Å². The van der Waals surface area contributed by atoms with E-state index in [0.29, 0.717) is 12.5 Å². The molecule has 5 rings (SSSR count). The first-order valence-electron chi connectivity index (χ1n) is 10.9. The van der Waals surface area contributed by atoms with Crippen molar-refractivity contribution in [3.63, 3.8) is 0 Å². The lowest BCUT2D eigenvalue weighted by atomic mass is 10.0. The van der Waals surface area contributed by atoms with Gasteiger partial charge in [-0.15, -0.1) is 10.2 Å². The fraction of sp³-hybridized carbons (Fsp3) is 0.417. The smallest absolute Gasteiger partial charge is 0.147 e. The van der Waals surface area contributed by atoms with Crippen LogP contribution in [0.3, 0.4) is 0 Å². The summed E-state index contributed by atoms with van der Waals surface area (Å²) < 4.78 is 5.72. The molecule has 1 atom stereocenters. The van der Waals surface area contributed by atoms with Crippen molar-refractivity contribution in [2.75, 3.05) is 19.7 Å². The lowest BCUT2D eigenvalue weighted by molar-refractivity contribution is -0.116. The third-order valence-corrected chi connectivity index (χ3v) is 7.21. The molecular formula is C24H26N4O2S. The first kappa shape index (κ1) is 20.3. The molecule has 2 aliphatic rings. The molecule has 0 bridgehead atoms. The van der Waals surface area contributed by atoms with Gasteiger partial charge in [0.1, 0.15) is 21.5 Å². The standard InChI is InChI=1S/C24H26N4O2S/c1-15(29)11-23-26-27-24(31-23)19-4-3-17-5-8-28(9-6-18(17)12-19)16(2)20-13-22-21(25-14-20)7-10-30-22/h3-4,12-14,16H,5-11H2,1-2H3/t16-/m0/s1. The van der Waals surface area contributed by atoms with Crippen molar-refractivity contribution >= 4 is 17.1 Å². The van der Waals surface area contributed by atoms with E-state index in [9.17, 15) is 4.79 Å². The molecule has 4 heterocycles. The molecule has 0 N–H and O–H groups in total. The van der Waals surface area contributed by atoms with Crippen molar-refractivity contribution in [3.05, 3.63) is 57.9 Å². The predicted octanol–water partition coefficient (Wildman–Crippen LogP) is 3.83. The number of hydrogen-bond donors (Lipinski definition) is 0. The van der Waals surface area contributed by atoms with Gasteiger partial charge in [0.05, 0.1) is 18.7 Å². The Morgan fingerprint density at radius 3 is 2.84 bits per heavy atom. The summed E-state index contributed by atoms with van der Waals surface area (Å²) >= 11 is 1.51. The first-order chi connectivity index (χ1) is 15.1. The summed E-state index contributed by atoms with van der Waals surface area (Å²) in [6, 6.07) is 9.09. The summed E-state index contributed by atoms with van der Waals surface area (Å²) in [6.07, 6.45) is 5.32. The van der Waals surface area contributed by atoms with E-state index in [1.165, 1.54) is 28.0 Å². The fourth-order valence-electron chi connectivity index (χ4n) is 4.42. The van der Waals surface area contributed by atoms with E-state index < -0.39 is 0 Å². The second kappa shape index (κ2) is 8.48. The molecule has 0 amide bonds. The van der Waals surface area contributed by atoms with E-state index in [2.05, 4.69) is 51.3 Å². The van der Waals surface area contributed by atoms with E-state index in [1.807, 2.05) is 6.20 Å². The van der Waals surface area contributed by atoms with Gasteiger partial charge in [0.2, 0.25) is 0 Å². The van der Waals surface area contributed by atoms with E-state index in [-0.39, 0.29) is 5.78 Å². The highest BCUT2D eigenvalue weighted by molar-refractivity contribution is 7.14. The molecule has 2 aromatic heterocycles. The zero-order chi connectivity index (χ0) is 21.4. The van der Waals surface area contributed by atoms with Crippen LogP contribution in [0.2, 0.25) is 0 Å². The average Bonchev–Trinajstić information content (AvgIpc) is 3.37. The van der Waals surface area contributed by atoms with Crippen LogP contribution in [0.5, 0.6) is 5.75 Å². The monoisotopic (exact) mass is 434 g/mol. The highest BCUT2D eigenvalue weighted by atomic mass is 32.1. The summed E-state index contributed by atoms with van der Waals surface area (Å²) in [4.78, 5) is 18.5. The van der Waals surface area contributed by atoms with Crippen LogP contribution in [0.4, 0.5) is 0 Å². The van der Waals surface area contributed by atoms with Crippen LogP contribution in [-0.4, -0.2) is 45.6 Å². The Kier molecular flexibility index (Phi) is 5.54. The number of carbonyl (C=O) groups excluding carboxylic acids is 1. The fourth-order valence-corrected chi connectivity index (χ4v) is 5.32. The van der Waals surface area contributed by atoms with Gasteiger partial charge in [-0.1, -0.05) is 23.5 Å². The Labute approximate surface area is 186 Å². The van der Waals surface area contributed by atoms with Crippen LogP contribution in [-0.2, 0) is 30.5 Å². The lowest BCUT2D eigenvalue weighted by Gasteiger charge is -2.27. The van der Waals surface area contributed by atoms with Gasteiger partial charge in [-0.25, -0.2) is 0 Å². The maximum absolute atomic E-state index is 11.4. The maximum atomic E-state index is 11.4. The van der Waals surface area contributed by atoms with Crippen LogP contribution in [0.1, 0.15) is 47.3 Å². The van der Waals surface area contributed by atoms with Crippen molar-refractivity contribution in [2.45, 2.75) is 45.6 Å². The molecule has 3 aromatic rings. The lowest BCUT2D eigenvalue weighted by Crippen LogP contribution is -2.29. The Bertz CT molecular complexity index is 1130. The number of hydrogen-bond acceptors (Lipinski definition) is 7. The molecule has 0 unspecified atom stereocenters. The minimum absolute atomic E-state index is 0.115. The molecule has 1 aromatic carbocycles. The van der Waals surface area contributed by atoms with Crippen LogP contribution in [0.25, 0.3) is 10.6 Å². The molecule has 7 heteroatoms. The first-order valence-corrected chi connectivity index (χ1v) is 11.7. The van der Waals surface area contributed by atoms with Gasteiger partial charge in [0.15, 0.2) is 0 Å². The Morgan fingerprint density at radius 1 is 1.16 bits per heavy atom. The van der Waals surface area contributed by atoms with E-state index in [1.54, 1.807) is 6.92 Å². The Hall–Kier alpha value is -2.64. The molecular weight excluding hydrogens is 408 g/mol. The van der Waals surface area contributed by atoms with Gasteiger partial charge in [-0.2, -0.15) is 0 Å². The van der Waals surface area contributed by atoms with Gasteiger partial charge < -0.3 is 4.74 Å². The van der Waals surface area contributed by atoms with Crippen LogP contribution in [0, 0.1) is 0 Å². The Balaban J connectivity index is 1.31. The maximum Gasteiger partial charge on any atom is 0.147 e. The third-order valence-electron chi connectivity index (χ3n) is 6.24. The number of aromatic nitrogens is 3. The topological polar surface area (TPSA) is 68.2 Å². The number of benzene rings is 1. The quantitative estimate of drug-likeness (QED) is 0.608. The molecule has 0 fully saturated rings.